The van der Waals surface area contributed by atoms with Crippen LogP contribution in [-0.2, 0) is 0 Å². The fourth-order valence-electron chi connectivity index (χ4n) is 4.81. The highest BCUT2D eigenvalue weighted by atomic mass is 15.3. The standard InChI is InChI=1S/C19H37N5/c1-20-18(24-14-9-19(17-24)7-3-4-8-19)21-10-5-12-23-13-6-11-22(2)15-16-23/h3-17H2,1-2H3,(H,20,21). The summed E-state index contributed by atoms with van der Waals surface area (Å²) in [6, 6.07) is 0. The highest BCUT2D eigenvalue weighted by Gasteiger charge is 2.40. The van der Waals surface area contributed by atoms with Crippen molar-refractivity contribution in [3.63, 3.8) is 0 Å². The zero-order valence-corrected chi connectivity index (χ0v) is 15.9. The van der Waals surface area contributed by atoms with Gasteiger partial charge in [-0.3, -0.25) is 4.99 Å². The summed E-state index contributed by atoms with van der Waals surface area (Å²) >= 11 is 0. The topological polar surface area (TPSA) is 34.1 Å². The lowest BCUT2D eigenvalue weighted by atomic mass is 9.86. The van der Waals surface area contributed by atoms with E-state index in [-0.39, 0.29) is 0 Å². The Hall–Kier alpha value is -0.810. The molecule has 5 heteroatoms. The monoisotopic (exact) mass is 335 g/mol. The molecule has 2 saturated heterocycles. The molecule has 3 fully saturated rings. The van der Waals surface area contributed by atoms with Crippen LogP contribution >= 0.6 is 0 Å². The summed E-state index contributed by atoms with van der Waals surface area (Å²) in [5.74, 6) is 1.13. The van der Waals surface area contributed by atoms with Gasteiger partial charge in [0.05, 0.1) is 0 Å². The normalized spacial score (nSPS) is 26.2. The Labute approximate surface area is 148 Å². The second-order valence-corrected chi connectivity index (χ2v) is 8.20. The van der Waals surface area contributed by atoms with E-state index in [4.69, 9.17) is 0 Å². The quantitative estimate of drug-likeness (QED) is 0.483. The van der Waals surface area contributed by atoms with Crippen LogP contribution in [0.4, 0.5) is 0 Å². The number of likely N-dealkylation sites (N-methyl/N-ethyl adjacent to an activating group) is 1. The van der Waals surface area contributed by atoms with E-state index in [1.807, 2.05) is 7.05 Å². The van der Waals surface area contributed by atoms with Gasteiger partial charge in [0.15, 0.2) is 5.96 Å². The number of rotatable bonds is 4. The lowest BCUT2D eigenvalue weighted by Gasteiger charge is -2.26. The largest absolute Gasteiger partial charge is 0.356 e. The van der Waals surface area contributed by atoms with Crippen molar-refractivity contribution in [1.29, 1.82) is 0 Å². The molecule has 24 heavy (non-hydrogen) atoms. The molecular weight excluding hydrogens is 298 g/mol. The third kappa shape index (κ3) is 4.63. The van der Waals surface area contributed by atoms with Gasteiger partial charge in [-0.25, -0.2) is 0 Å². The Bertz CT molecular complexity index is 416. The van der Waals surface area contributed by atoms with Gasteiger partial charge in [-0.2, -0.15) is 0 Å². The van der Waals surface area contributed by atoms with Crippen LogP contribution in [0.5, 0.6) is 0 Å². The number of aliphatic imine (C=N–C) groups is 1. The molecule has 2 heterocycles. The molecule has 0 radical (unpaired) electrons. The summed E-state index contributed by atoms with van der Waals surface area (Å²) in [6.07, 6.45) is 9.63. The van der Waals surface area contributed by atoms with Crippen molar-refractivity contribution in [3.8, 4) is 0 Å². The molecular formula is C19H37N5. The van der Waals surface area contributed by atoms with E-state index in [1.165, 1.54) is 90.8 Å². The van der Waals surface area contributed by atoms with Crippen LogP contribution in [0.3, 0.4) is 0 Å². The zero-order valence-electron chi connectivity index (χ0n) is 15.9. The number of nitrogens with one attached hydrogen (secondary N) is 1. The highest BCUT2D eigenvalue weighted by molar-refractivity contribution is 5.80. The Balaban J connectivity index is 1.36. The minimum absolute atomic E-state index is 0.621. The number of hydrogen-bond donors (Lipinski definition) is 1. The summed E-state index contributed by atoms with van der Waals surface area (Å²) in [6.45, 7) is 9.62. The molecule has 3 aliphatic rings. The maximum Gasteiger partial charge on any atom is 0.193 e. The summed E-state index contributed by atoms with van der Waals surface area (Å²) in [5, 5.41) is 3.62. The first-order valence-electron chi connectivity index (χ1n) is 10.1. The number of hydrogen-bond acceptors (Lipinski definition) is 3. The number of guanidine groups is 1. The minimum Gasteiger partial charge on any atom is -0.356 e. The first-order valence-corrected chi connectivity index (χ1v) is 10.1. The van der Waals surface area contributed by atoms with Crippen LogP contribution in [0.1, 0.15) is 44.9 Å². The zero-order chi connectivity index (χ0) is 16.8. The van der Waals surface area contributed by atoms with E-state index in [1.54, 1.807) is 0 Å². The lowest BCUT2D eigenvalue weighted by Crippen LogP contribution is -2.42. The third-order valence-electron chi connectivity index (χ3n) is 6.36. The molecule has 1 spiro atoms. The van der Waals surface area contributed by atoms with E-state index < -0.39 is 0 Å². The van der Waals surface area contributed by atoms with Gasteiger partial charge >= 0.3 is 0 Å². The third-order valence-corrected chi connectivity index (χ3v) is 6.36. The van der Waals surface area contributed by atoms with E-state index in [9.17, 15) is 0 Å². The van der Waals surface area contributed by atoms with Gasteiger partial charge in [-0.1, -0.05) is 12.8 Å². The van der Waals surface area contributed by atoms with Gasteiger partial charge in [-0.05, 0) is 64.2 Å². The molecule has 5 nitrogen and oxygen atoms in total. The molecule has 1 N–H and O–H groups in total. The van der Waals surface area contributed by atoms with Crippen LogP contribution in [0.25, 0.3) is 0 Å². The van der Waals surface area contributed by atoms with Crippen molar-refractivity contribution in [2.45, 2.75) is 44.9 Å². The number of likely N-dealkylation sites (tertiary alicyclic amines) is 1. The van der Waals surface area contributed by atoms with Gasteiger partial charge < -0.3 is 20.0 Å². The van der Waals surface area contributed by atoms with Crippen LogP contribution in [0.15, 0.2) is 4.99 Å². The van der Waals surface area contributed by atoms with Gasteiger partial charge in [0.2, 0.25) is 0 Å². The van der Waals surface area contributed by atoms with E-state index >= 15 is 0 Å². The Morgan fingerprint density at radius 3 is 2.62 bits per heavy atom. The van der Waals surface area contributed by atoms with Crippen LogP contribution in [-0.4, -0.2) is 87.1 Å². The Morgan fingerprint density at radius 2 is 1.83 bits per heavy atom. The molecule has 0 aromatic rings. The molecule has 0 unspecified atom stereocenters. The fourth-order valence-corrected chi connectivity index (χ4v) is 4.81. The van der Waals surface area contributed by atoms with Crippen LogP contribution in [0.2, 0.25) is 0 Å². The average molecular weight is 336 g/mol. The van der Waals surface area contributed by atoms with E-state index in [2.05, 4.69) is 32.1 Å². The second-order valence-electron chi connectivity index (χ2n) is 8.20. The van der Waals surface area contributed by atoms with Crippen molar-refractivity contribution >= 4 is 5.96 Å². The van der Waals surface area contributed by atoms with Crippen molar-refractivity contribution in [2.75, 3.05) is 66.5 Å². The molecule has 1 saturated carbocycles. The van der Waals surface area contributed by atoms with Gasteiger partial charge in [0.25, 0.3) is 0 Å². The van der Waals surface area contributed by atoms with Crippen LogP contribution in [0, 0.1) is 5.41 Å². The highest BCUT2D eigenvalue weighted by Crippen LogP contribution is 2.45. The summed E-state index contributed by atoms with van der Waals surface area (Å²) < 4.78 is 0. The maximum absolute atomic E-state index is 4.55. The first-order chi connectivity index (χ1) is 11.7. The van der Waals surface area contributed by atoms with Crippen molar-refractivity contribution < 1.29 is 0 Å². The molecule has 3 rings (SSSR count). The smallest absolute Gasteiger partial charge is 0.193 e. The molecule has 1 aliphatic carbocycles. The molecule has 0 bridgehead atoms. The average Bonchev–Trinajstić information content (AvgIpc) is 3.16. The summed E-state index contributed by atoms with van der Waals surface area (Å²) in [5.41, 5.74) is 0.621. The van der Waals surface area contributed by atoms with Crippen molar-refractivity contribution in [2.24, 2.45) is 10.4 Å². The first kappa shape index (κ1) is 18.0. The summed E-state index contributed by atoms with van der Waals surface area (Å²) in [7, 11) is 4.18. The fraction of sp³-hybridized carbons (Fsp3) is 0.947. The maximum atomic E-state index is 4.55. The molecule has 138 valence electrons. The van der Waals surface area contributed by atoms with E-state index in [0.29, 0.717) is 5.41 Å². The van der Waals surface area contributed by atoms with Gasteiger partial charge in [-0.15, -0.1) is 0 Å². The number of nitrogens with zero attached hydrogens (tertiary/aromatic N) is 4. The minimum atomic E-state index is 0.621. The molecule has 2 aliphatic heterocycles. The summed E-state index contributed by atoms with van der Waals surface area (Å²) in [4.78, 5) is 12.1. The lowest BCUT2D eigenvalue weighted by molar-refractivity contribution is 0.273. The predicted octanol–water partition coefficient (Wildman–Crippen LogP) is 1.86. The molecule has 0 aromatic heterocycles. The Morgan fingerprint density at radius 1 is 1.00 bits per heavy atom. The van der Waals surface area contributed by atoms with Gasteiger partial charge in [0.1, 0.15) is 0 Å². The molecule has 0 aromatic carbocycles. The molecule has 0 atom stereocenters. The SMILES string of the molecule is CN=C(NCCCN1CCCN(C)CC1)N1CCC2(CCCC2)C1. The van der Waals surface area contributed by atoms with E-state index in [0.717, 1.165) is 12.5 Å². The molecule has 0 amide bonds. The Kier molecular flexibility index (Phi) is 6.39. The predicted molar refractivity (Wildman–Crippen MR) is 102 cm³/mol. The van der Waals surface area contributed by atoms with Gasteiger partial charge in [0, 0.05) is 39.8 Å². The van der Waals surface area contributed by atoms with Crippen LogP contribution < -0.4 is 5.32 Å². The second kappa shape index (κ2) is 8.52. The van der Waals surface area contributed by atoms with Crippen molar-refractivity contribution in [3.05, 3.63) is 0 Å². The van der Waals surface area contributed by atoms with Crippen molar-refractivity contribution in [1.82, 2.24) is 20.0 Å².